The van der Waals surface area contributed by atoms with Crippen molar-refractivity contribution in [3.63, 3.8) is 0 Å². The van der Waals surface area contributed by atoms with Crippen LogP contribution in [0.5, 0.6) is 0 Å². The Kier molecular flexibility index (Phi) is 6.11. The highest BCUT2D eigenvalue weighted by Crippen LogP contribution is 2.14. The van der Waals surface area contributed by atoms with Crippen molar-refractivity contribution < 1.29 is 9.59 Å². The molecule has 144 valence electrons. The molecule has 2 amide bonds. The summed E-state index contributed by atoms with van der Waals surface area (Å²) in [4.78, 5) is 26.9. The summed E-state index contributed by atoms with van der Waals surface area (Å²) >= 11 is 0. The van der Waals surface area contributed by atoms with Crippen LogP contribution in [-0.4, -0.2) is 50.0 Å². The van der Waals surface area contributed by atoms with Gasteiger partial charge in [0.25, 0.3) is 5.91 Å². The molecule has 1 heterocycles. The van der Waals surface area contributed by atoms with Gasteiger partial charge < -0.3 is 10.2 Å². The number of rotatable bonds is 7. The number of aryl methyl sites for hydroxylation is 1. The number of carbonyl (C=O) groups is 2. The third kappa shape index (κ3) is 4.59. The second kappa shape index (κ2) is 8.90. The van der Waals surface area contributed by atoms with E-state index in [2.05, 4.69) is 20.8 Å². The molecular formula is C20H22N6O2. The van der Waals surface area contributed by atoms with Crippen molar-refractivity contribution in [2.24, 2.45) is 0 Å². The molecule has 0 spiro atoms. The van der Waals surface area contributed by atoms with Crippen molar-refractivity contribution in [2.75, 3.05) is 18.4 Å². The minimum absolute atomic E-state index is 0.00421. The van der Waals surface area contributed by atoms with E-state index < -0.39 is 0 Å². The number of nitrogens with zero attached hydrogens (tertiary/aromatic N) is 5. The number of anilines is 1. The SMILES string of the molecule is CCCN(CC(=O)Nc1ccccc1C)C(=O)c1ccc(-n2cnnn2)cc1. The maximum absolute atomic E-state index is 12.9. The summed E-state index contributed by atoms with van der Waals surface area (Å²) < 4.78 is 1.51. The lowest BCUT2D eigenvalue weighted by Crippen LogP contribution is -2.38. The molecule has 0 saturated heterocycles. The van der Waals surface area contributed by atoms with Crippen LogP contribution in [-0.2, 0) is 4.79 Å². The van der Waals surface area contributed by atoms with Crippen LogP contribution >= 0.6 is 0 Å². The van der Waals surface area contributed by atoms with Crippen molar-refractivity contribution >= 4 is 17.5 Å². The highest BCUT2D eigenvalue weighted by atomic mass is 16.2. The third-order valence-corrected chi connectivity index (χ3v) is 4.26. The van der Waals surface area contributed by atoms with Crippen LogP contribution in [0.2, 0.25) is 0 Å². The first-order chi connectivity index (χ1) is 13.6. The Morgan fingerprint density at radius 2 is 1.86 bits per heavy atom. The average molecular weight is 378 g/mol. The molecule has 2 aromatic carbocycles. The van der Waals surface area contributed by atoms with E-state index >= 15 is 0 Å². The summed E-state index contributed by atoms with van der Waals surface area (Å²) in [5, 5.41) is 13.9. The second-order valence-electron chi connectivity index (χ2n) is 6.39. The number of amides is 2. The summed E-state index contributed by atoms with van der Waals surface area (Å²) in [5.41, 5.74) is 2.99. The maximum atomic E-state index is 12.9. The van der Waals surface area contributed by atoms with E-state index in [1.807, 2.05) is 38.1 Å². The van der Waals surface area contributed by atoms with Gasteiger partial charge in [-0.3, -0.25) is 9.59 Å². The first-order valence-electron chi connectivity index (χ1n) is 9.06. The fourth-order valence-electron chi connectivity index (χ4n) is 2.82. The zero-order valence-corrected chi connectivity index (χ0v) is 15.9. The molecule has 0 atom stereocenters. The fourth-order valence-corrected chi connectivity index (χ4v) is 2.82. The zero-order chi connectivity index (χ0) is 19.9. The molecule has 3 rings (SSSR count). The summed E-state index contributed by atoms with van der Waals surface area (Å²) in [7, 11) is 0. The molecule has 0 aliphatic rings. The number of hydrogen-bond donors (Lipinski definition) is 1. The van der Waals surface area contributed by atoms with Gasteiger partial charge in [-0.2, -0.15) is 0 Å². The van der Waals surface area contributed by atoms with E-state index in [0.717, 1.165) is 23.4 Å². The number of aromatic nitrogens is 4. The van der Waals surface area contributed by atoms with Crippen LogP contribution in [0.25, 0.3) is 5.69 Å². The molecule has 0 unspecified atom stereocenters. The Bertz CT molecular complexity index is 938. The lowest BCUT2D eigenvalue weighted by atomic mass is 10.1. The van der Waals surface area contributed by atoms with Crippen LogP contribution < -0.4 is 5.32 Å². The first-order valence-corrected chi connectivity index (χ1v) is 9.06. The lowest BCUT2D eigenvalue weighted by Gasteiger charge is -2.22. The standard InChI is InChI=1S/C20H22N6O2/c1-3-12-25(13-19(27)22-18-7-5-4-6-15(18)2)20(28)16-8-10-17(11-9-16)26-14-21-23-24-26/h4-11,14H,3,12-13H2,1-2H3,(H,22,27). The molecule has 28 heavy (non-hydrogen) atoms. The Hall–Kier alpha value is -3.55. The molecule has 0 bridgehead atoms. The lowest BCUT2D eigenvalue weighted by molar-refractivity contribution is -0.116. The van der Waals surface area contributed by atoms with Gasteiger partial charge in [-0.15, -0.1) is 5.10 Å². The van der Waals surface area contributed by atoms with E-state index in [0.29, 0.717) is 12.1 Å². The number of hydrogen-bond acceptors (Lipinski definition) is 5. The molecular weight excluding hydrogens is 356 g/mol. The topological polar surface area (TPSA) is 93.0 Å². The molecule has 0 aliphatic carbocycles. The van der Waals surface area contributed by atoms with Gasteiger partial charge in [0.2, 0.25) is 5.91 Å². The van der Waals surface area contributed by atoms with Gasteiger partial charge in [-0.25, -0.2) is 4.68 Å². The Labute approximate surface area is 163 Å². The predicted octanol–water partition coefficient (Wildman–Crippen LogP) is 2.46. The van der Waals surface area contributed by atoms with Crippen molar-refractivity contribution in [1.82, 2.24) is 25.1 Å². The Morgan fingerprint density at radius 1 is 1.11 bits per heavy atom. The van der Waals surface area contributed by atoms with Crippen molar-refractivity contribution in [2.45, 2.75) is 20.3 Å². The molecule has 1 N–H and O–H groups in total. The third-order valence-electron chi connectivity index (χ3n) is 4.26. The van der Waals surface area contributed by atoms with Gasteiger partial charge in [0.15, 0.2) is 0 Å². The monoisotopic (exact) mass is 378 g/mol. The van der Waals surface area contributed by atoms with E-state index in [9.17, 15) is 9.59 Å². The van der Waals surface area contributed by atoms with E-state index in [1.165, 1.54) is 11.0 Å². The highest BCUT2D eigenvalue weighted by Gasteiger charge is 2.18. The van der Waals surface area contributed by atoms with Gasteiger partial charge in [-0.1, -0.05) is 25.1 Å². The number of carbonyl (C=O) groups excluding carboxylic acids is 2. The molecule has 0 saturated carbocycles. The van der Waals surface area contributed by atoms with Gasteiger partial charge >= 0.3 is 0 Å². The molecule has 8 nitrogen and oxygen atoms in total. The molecule has 1 aromatic heterocycles. The second-order valence-corrected chi connectivity index (χ2v) is 6.39. The Balaban J connectivity index is 1.69. The zero-order valence-electron chi connectivity index (χ0n) is 15.9. The van der Waals surface area contributed by atoms with E-state index in [-0.39, 0.29) is 18.4 Å². The molecule has 0 radical (unpaired) electrons. The highest BCUT2D eigenvalue weighted by molar-refractivity contribution is 5.99. The van der Waals surface area contributed by atoms with Crippen molar-refractivity contribution in [1.29, 1.82) is 0 Å². The Morgan fingerprint density at radius 3 is 2.50 bits per heavy atom. The normalized spacial score (nSPS) is 10.5. The van der Waals surface area contributed by atoms with Crippen LogP contribution in [0.15, 0.2) is 54.9 Å². The molecule has 0 aliphatic heterocycles. The summed E-state index contributed by atoms with van der Waals surface area (Å²) in [6.07, 6.45) is 2.24. The smallest absolute Gasteiger partial charge is 0.254 e. The molecule has 3 aromatic rings. The van der Waals surface area contributed by atoms with Crippen LogP contribution in [0.1, 0.15) is 29.3 Å². The van der Waals surface area contributed by atoms with Crippen LogP contribution in [0.4, 0.5) is 5.69 Å². The number of nitrogens with one attached hydrogen (secondary N) is 1. The van der Waals surface area contributed by atoms with Crippen molar-refractivity contribution in [3.8, 4) is 5.69 Å². The van der Waals surface area contributed by atoms with Crippen LogP contribution in [0, 0.1) is 6.92 Å². The predicted molar refractivity (Wildman–Crippen MR) is 105 cm³/mol. The van der Waals surface area contributed by atoms with E-state index in [1.54, 1.807) is 29.2 Å². The minimum Gasteiger partial charge on any atom is -0.329 e. The van der Waals surface area contributed by atoms with Crippen molar-refractivity contribution in [3.05, 3.63) is 66.0 Å². The summed E-state index contributed by atoms with van der Waals surface area (Å²) in [6.45, 7) is 4.39. The molecule has 0 fully saturated rings. The molecule has 8 heteroatoms. The number of para-hydroxylation sites is 1. The number of benzene rings is 2. The maximum Gasteiger partial charge on any atom is 0.254 e. The van der Waals surface area contributed by atoms with Gasteiger partial charge in [0.05, 0.1) is 5.69 Å². The van der Waals surface area contributed by atoms with E-state index in [4.69, 9.17) is 0 Å². The minimum atomic E-state index is -0.221. The average Bonchev–Trinajstić information content (AvgIpc) is 3.24. The van der Waals surface area contributed by atoms with Gasteiger partial charge in [0.1, 0.15) is 12.9 Å². The van der Waals surface area contributed by atoms with Gasteiger partial charge in [0, 0.05) is 17.8 Å². The largest absolute Gasteiger partial charge is 0.329 e. The summed E-state index contributed by atoms with van der Waals surface area (Å²) in [5.74, 6) is -0.411. The number of tetrazole rings is 1. The first kappa shape index (κ1) is 19.2. The summed E-state index contributed by atoms with van der Waals surface area (Å²) in [6, 6.07) is 14.5. The quantitative estimate of drug-likeness (QED) is 0.682. The van der Waals surface area contributed by atoms with Crippen LogP contribution in [0.3, 0.4) is 0 Å². The van der Waals surface area contributed by atoms with Gasteiger partial charge in [-0.05, 0) is 59.7 Å². The fraction of sp³-hybridized carbons (Fsp3) is 0.250.